The average Bonchev–Trinajstić information content (AvgIpc) is 2.37. The summed E-state index contributed by atoms with van der Waals surface area (Å²) in [5.74, 6) is 1.44. The molecule has 3 atom stereocenters. The lowest BCUT2D eigenvalue weighted by atomic mass is 10.1. The van der Waals surface area contributed by atoms with Gasteiger partial charge in [0.05, 0.1) is 20.3 Å². The Bertz CT molecular complexity index is 379. The van der Waals surface area contributed by atoms with Gasteiger partial charge in [0.1, 0.15) is 0 Å². The molecule has 18 heavy (non-hydrogen) atoms. The summed E-state index contributed by atoms with van der Waals surface area (Å²) in [6.07, 6.45) is -0.382. The lowest BCUT2D eigenvalue weighted by molar-refractivity contribution is 0.147. The van der Waals surface area contributed by atoms with E-state index in [-0.39, 0.29) is 18.2 Å². The van der Waals surface area contributed by atoms with Crippen LogP contribution in [0.15, 0.2) is 18.2 Å². The van der Waals surface area contributed by atoms with Gasteiger partial charge in [0, 0.05) is 12.1 Å². The molecule has 0 saturated carbocycles. The van der Waals surface area contributed by atoms with Crippen molar-refractivity contribution in [3.8, 4) is 11.5 Å². The van der Waals surface area contributed by atoms with Gasteiger partial charge < -0.3 is 19.9 Å². The van der Waals surface area contributed by atoms with E-state index < -0.39 is 0 Å². The smallest absolute Gasteiger partial charge is 0.161 e. The summed E-state index contributed by atoms with van der Waals surface area (Å²) in [5.41, 5.74) is 1.10. The van der Waals surface area contributed by atoms with Crippen LogP contribution in [0.2, 0.25) is 0 Å². The normalized spacial score (nSPS) is 15.9. The third kappa shape index (κ3) is 3.62. The molecule has 2 N–H and O–H groups in total. The number of methoxy groups -OCH3 is 2. The van der Waals surface area contributed by atoms with Gasteiger partial charge in [-0.1, -0.05) is 6.07 Å². The minimum atomic E-state index is -0.382. The predicted molar refractivity (Wildman–Crippen MR) is 72.2 cm³/mol. The van der Waals surface area contributed by atoms with Crippen LogP contribution in [-0.2, 0) is 0 Å². The van der Waals surface area contributed by atoms with Crippen molar-refractivity contribution in [2.24, 2.45) is 0 Å². The highest BCUT2D eigenvalue weighted by molar-refractivity contribution is 5.43. The number of hydrogen-bond acceptors (Lipinski definition) is 4. The van der Waals surface area contributed by atoms with Crippen LogP contribution < -0.4 is 14.8 Å². The fourth-order valence-electron chi connectivity index (χ4n) is 1.75. The van der Waals surface area contributed by atoms with Crippen molar-refractivity contribution in [2.45, 2.75) is 39.0 Å². The number of aliphatic hydroxyl groups is 1. The summed E-state index contributed by atoms with van der Waals surface area (Å²) in [6.45, 7) is 5.79. The Morgan fingerprint density at radius 2 is 1.67 bits per heavy atom. The number of rotatable bonds is 6. The second-order valence-corrected chi connectivity index (χ2v) is 4.53. The molecule has 0 fully saturated rings. The van der Waals surface area contributed by atoms with Crippen LogP contribution in [0, 0.1) is 0 Å². The molecule has 0 spiro atoms. The van der Waals surface area contributed by atoms with E-state index in [0.717, 1.165) is 11.3 Å². The molecule has 3 unspecified atom stereocenters. The van der Waals surface area contributed by atoms with Crippen molar-refractivity contribution in [3.63, 3.8) is 0 Å². The lowest BCUT2D eigenvalue weighted by Gasteiger charge is -2.23. The zero-order valence-corrected chi connectivity index (χ0v) is 11.7. The summed E-state index contributed by atoms with van der Waals surface area (Å²) in [7, 11) is 3.24. The van der Waals surface area contributed by atoms with E-state index in [1.165, 1.54) is 0 Å². The molecule has 102 valence electrons. The van der Waals surface area contributed by atoms with E-state index in [1.807, 2.05) is 25.1 Å². The van der Waals surface area contributed by atoms with Crippen molar-refractivity contribution < 1.29 is 14.6 Å². The SMILES string of the molecule is COc1ccc(C(C)NC(C)C(C)O)cc1OC. The minimum absolute atomic E-state index is 0.0353. The van der Waals surface area contributed by atoms with Gasteiger partial charge in [0.15, 0.2) is 11.5 Å². The Labute approximate surface area is 109 Å². The summed E-state index contributed by atoms with van der Waals surface area (Å²) >= 11 is 0. The second-order valence-electron chi connectivity index (χ2n) is 4.53. The quantitative estimate of drug-likeness (QED) is 0.815. The van der Waals surface area contributed by atoms with Gasteiger partial charge in [-0.05, 0) is 38.5 Å². The molecule has 1 aromatic rings. The Morgan fingerprint density at radius 1 is 1.06 bits per heavy atom. The standard InChI is InChI=1S/C14H23NO3/c1-9(11(3)16)15-10(2)12-6-7-13(17-4)14(8-12)18-5/h6-11,15-16H,1-5H3. The molecule has 0 saturated heterocycles. The van der Waals surface area contributed by atoms with Gasteiger partial charge in [-0.15, -0.1) is 0 Å². The van der Waals surface area contributed by atoms with Crippen LogP contribution in [0.1, 0.15) is 32.4 Å². The molecular formula is C14H23NO3. The molecule has 0 aliphatic rings. The van der Waals surface area contributed by atoms with Crippen molar-refractivity contribution in [1.82, 2.24) is 5.32 Å². The van der Waals surface area contributed by atoms with E-state index in [1.54, 1.807) is 21.1 Å². The third-order valence-corrected chi connectivity index (χ3v) is 3.14. The first-order valence-electron chi connectivity index (χ1n) is 6.15. The molecule has 1 rings (SSSR count). The van der Waals surface area contributed by atoms with Gasteiger partial charge in [-0.2, -0.15) is 0 Å². The van der Waals surface area contributed by atoms with Crippen LogP contribution in [0.3, 0.4) is 0 Å². The lowest BCUT2D eigenvalue weighted by Crippen LogP contribution is -2.37. The highest BCUT2D eigenvalue weighted by atomic mass is 16.5. The van der Waals surface area contributed by atoms with E-state index in [2.05, 4.69) is 12.2 Å². The molecule has 0 bridgehead atoms. The maximum atomic E-state index is 9.49. The van der Waals surface area contributed by atoms with Gasteiger partial charge in [0.25, 0.3) is 0 Å². The van der Waals surface area contributed by atoms with Gasteiger partial charge in [-0.25, -0.2) is 0 Å². The maximum Gasteiger partial charge on any atom is 0.161 e. The number of ether oxygens (including phenoxy) is 2. The summed E-state index contributed by atoms with van der Waals surface area (Å²) in [6, 6.07) is 6.00. The molecule has 0 aliphatic carbocycles. The Kier molecular flexibility index (Phi) is 5.44. The number of hydrogen-bond donors (Lipinski definition) is 2. The van der Waals surface area contributed by atoms with Crippen molar-refractivity contribution in [1.29, 1.82) is 0 Å². The van der Waals surface area contributed by atoms with Crippen LogP contribution in [-0.4, -0.2) is 31.5 Å². The van der Waals surface area contributed by atoms with E-state index in [9.17, 15) is 5.11 Å². The molecule has 0 aromatic heterocycles. The maximum absolute atomic E-state index is 9.49. The van der Waals surface area contributed by atoms with Gasteiger partial charge in [-0.3, -0.25) is 0 Å². The summed E-state index contributed by atoms with van der Waals surface area (Å²) < 4.78 is 10.5. The topological polar surface area (TPSA) is 50.7 Å². The first-order chi connectivity index (χ1) is 8.49. The minimum Gasteiger partial charge on any atom is -0.493 e. The summed E-state index contributed by atoms with van der Waals surface area (Å²) in [5, 5.41) is 12.8. The van der Waals surface area contributed by atoms with Crippen LogP contribution in [0.4, 0.5) is 0 Å². The average molecular weight is 253 g/mol. The first kappa shape index (κ1) is 14.8. The third-order valence-electron chi connectivity index (χ3n) is 3.14. The predicted octanol–water partition coefficient (Wildman–Crippen LogP) is 2.12. The monoisotopic (exact) mass is 253 g/mol. The molecule has 1 aromatic carbocycles. The van der Waals surface area contributed by atoms with Crippen LogP contribution in [0.5, 0.6) is 11.5 Å². The molecule has 0 heterocycles. The fraction of sp³-hybridized carbons (Fsp3) is 0.571. The number of benzene rings is 1. The molecule has 0 aliphatic heterocycles. The van der Waals surface area contributed by atoms with Crippen molar-refractivity contribution in [2.75, 3.05) is 14.2 Å². The first-order valence-corrected chi connectivity index (χ1v) is 6.15. The van der Waals surface area contributed by atoms with E-state index >= 15 is 0 Å². The molecule has 4 heteroatoms. The highest BCUT2D eigenvalue weighted by Gasteiger charge is 2.15. The molecular weight excluding hydrogens is 230 g/mol. The largest absolute Gasteiger partial charge is 0.493 e. The zero-order chi connectivity index (χ0) is 13.7. The van der Waals surface area contributed by atoms with Crippen molar-refractivity contribution >= 4 is 0 Å². The van der Waals surface area contributed by atoms with E-state index in [4.69, 9.17) is 9.47 Å². The zero-order valence-electron chi connectivity index (χ0n) is 11.7. The van der Waals surface area contributed by atoms with Crippen LogP contribution in [0.25, 0.3) is 0 Å². The van der Waals surface area contributed by atoms with Crippen LogP contribution >= 0.6 is 0 Å². The highest BCUT2D eigenvalue weighted by Crippen LogP contribution is 2.29. The molecule has 4 nitrogen and oxygen atoms in total. The van der Waals surface area contributed by atoms with Gasteiger partial charge >= 0.3 is 0 Å². The van der Waals surface area contributed by atoms with E-state index in [0.29, 0.717) is 5.75 Å². The van der Waals surface area contributed by atoms with Gasteiger partial charge in [0.2, 0.25) is 0 Å². The number of nitrogens with one attached hydrogen (secondary N) is 1. The number of aliphatic hydroxyl groups excluding tert-OH is 1. The Hall–Kier alpha value is -1.26. The Balaban J connectivity index is 2.83. The summed E-state index contributed by atoms with van der Waals surface area (Å²) in [4.78, 5) is 0. The Morgan fingerprint density at radius 3 is 2.17 bits per heavy atom. The molecule has 0 amide bonds. The fourth-order valence-corrected chi connectivity index (χ4v) is 1.75. The molecule has 0 radical (unpaired) electrons. The second kappa shape index (κ2) is 6.61. The van der Waals surface area contributed by atoms with Crippen molar-refractivity contribution in [3.05, 3.63) is 23.8 Å².